The van der Waals surface area contributed by atoms with E-state index in [0.29, 0.717) is 13.1 Å². The lowest BCUT2D eigenvalue weighted by molar-refractivity contribution is -0.126. The van der Waals surface area contributed by atoms with E-state index in [1.165, 1.54) is 0 Å². The summed E-state index contributed by atoms with van der Waals surface area (Å²) in [6, 6.07) is 17.3. The van der Waals surface area contributed by atoms with Crippen molar-refractivity contribution in [1.82, 2.24) is 10.3 Å². The molecule has 5 nitrogen and oxygen atoms in total. The molecule has 6 heteroatoms. The molecule has 0 spiro atoms. The molecule has 1 aromatic carbocycles. The van der Waals surface area contributed by atoms with Crippen LogP contribution in [0.15, 0.2) is 66.2 Å². The predicted molar refractivity (Wildman–Crippen MR) is 106 cm³/mol. The zero-order valence-electron chi connectivity index (χ0n) is 14.7. The third-order valence-electron chi connectivity index (χ3n) is 4.66. The smallest absolute Gasteiger partial charge is 0.227 e. The highest BCUT2D eigenvalue weighted by atomic mass is 32.1. The van der Waals surface area contributed by atoms with Gasteiger partial charge in [0.05, 0.1) is 16.5 Å². The second kappa shape index (κ2) is 7.72. The Bertz CT molecular complexity index is 941. The van der Waals surface area contributed by atoms with Crippen LogP contribution >= 0.6 is 11.3 Å². The van der Waals surface area contributed by atoms with Crippen LogP contribution in [0.25, 0.3) is 10.6 Å². The molecule has 2 aromatic heterocycles. The molecule has 1 unspecified atom stereocenters. The Morgan fingerprint density at radius 3 is 2.78 bits per heavy atom. The van der Waals surface area contributed by atoms with Crippen LogP contribution in [0.1, 0.15) is 12.0 Å². The first-order chi connectivity index (χ1) is 13.2. The fourth-order valence-corrected chi connectivity index (χ4v) is 4.04. The number of para-hydroxylation sites is 1. The number of nitrogens with zero attached hydrogens (tertiary/aromatic N) is 2. The van der Waals surface area contributed by atoms with Gasteiger partial charge in [0.1, 0.15) is 0 Å². The number of aromatic nitrogens is 1. The number of amides is 2. The van der Waals surface area contributed by atoms with Gasteiger partial charge >= 0.3 is 0 Å². The first kappa shape index (κ1) is 17.4. The largest absolute Gasteiger partial charge is 0.352 e. The number of carbonyl (C=O) groups is 2. The number of hydrogen-bond donors (Lipinski definition) is 1. The Balaban J connectivity index is 1.42. The van der Waals surface area contributed by atoms with E-state index in [4.69, 9.17) is 0 Å². The number of anilines is 1. The summed E-state index contributed by atoms with van der Waals surface area (Å²) in [5.41, 5.74) is 2.70. The molecular weight excluding hydrogens is 358 g/mol. The molecule has 27 heavy (non-hydrogen) atoms. The van der Waals surface area contributed by atoms with Crippen LogP contribution in [0, 0.1) is 5.92 Å². The van der Waals surface area contributed by atoms with Crippen molar-refractivity contribution in [2.24, 2.45) is 5.92 Å². The first-order valence-corrected chi connectivity index (χ1v) is 9.71. The van der Waals surface area contributed by atoms with E-state index in [2.05, 4.69) is 10.3 Å². The van der Waals surface area contributed by atoms with Gasteiger partial charge in [0.15, 0.2) is 0 Å². The Hall–Kier alpha value is -2.99. The molecule has 2 amide bonds. The van der Waals surface area contributed by atoms with Crippen LogP contribution in [-0.4, -0.2) is 23.3 Å². The second-order valence-corrected chi connectivity index (χ2v) is 7.39. The Kier molecular flexibility index (Phi) is 4.98. The minimum absolute atomic E-state index is 0.0120. The fourth-order valence-electron chi connectivity index (χ4n) is 3.28. The van der Waals surface area contributed by atoms with Crippen LogP contribution in [0.2, 0.25) is 0 Å². The monoisotopic (exact) mass is 377 g/mol. The Morgan fingerprint density at radius 2 is 2.00 bits per heavy atom. The lowest BCUT2D eigenvalue weighted by atomic mass is 10.1. The maximum Gasteiger partial charge on any atom is 0.227 e. The van der Waals surface area contributed by atoms with Crippen molar-refractivity contribution >= 4 is 28.8 Å². The molecule has 0 radical (unpaired) electrons. The van der Waals surface area contributed by atoms with Gasteiger partial charge in [-0.2, -0.15) is 0 Å². The van der Waals surface area contributed by atoms with Crippen molar-refractivity contribution < 1.29 is 9.59 Å². The van der Waals surface area contributed by atoms with Crippen LogP contribution in [0.5, 0.6) is 0 Å². The van der Waals surface area contributed by atoms with Crippen molar-refractivity contribution in [3.8, 4) is 10.6 Å². The van der Waals surface area contributed by atoms with Crippen molar-refractivity contribution in [3.63, 3.8) is 0 Å². The lowest BCUT2D eigenvalue weighted by Gasteiger charge is -2.16. The van der Waals surface area contributed by atoms with E-state index in [1.807, 2.05) is 60.0 Å². The van der Waals surface area contributed by atoms with Crippen LogP contribution < -0.4 is 10.2 Å². The van der Waals surface area contributed by atoms with Gasteiger partial charge in [-0.3, -0.25) is 14.6 Å². The van der Waals surface area contributed by atoms with E-state index in [9.17, 15) is 9.59 Å². The number of rotatable bonds is 5. The zero-order valence-corrected chi connectivity index (χ0v) is 15.5. The van der Waals surface area contributed by atoms with Crippen LogP contribution in [0.4, 0.5) is 5.69 Å². The molecule has 3 heterocycles. The van der Waals surface area contributed by atoms with Crippen molar-refractivity contribution in [2.45, 2.75) is 13.0 Å². The summed E-state index contributed by atoms with van der Waals surface area (Å²) in [5, 5.41) is 4.99. The summed E-state index contributed by atoms with van der Waals surface area (Å²) >= 11 is 1.62. The van der Waals surface area contributed by atoms with E-state index < -0.39 is 0 Å². The van der Waals surface area contributed by atoms with Gasteiger partial charge in [-0.25, -0.2) is 0 Å². The zero-order chi connectivity index (χ0) is 18.6. The summed E-state index contributed by atoms with van der Waals surface area (Å²) in [5.74, 6) is -0.440. The van der Waals surface area contributed by atoms with E-state index in [0.717, 1.165) is 21.8 Å². The van der Waals surface area contributed by atoms with E-state index >= 15 is 0 Å². The number of carbonyl (C=O) groups excluding carboxylic acids is 2. The Labute approximate surface area is 161 Å². The van der Waals surface area contributed by atoms with Gasteiger partial charge in [0, 0.05) is 31.4 Å². The SMILES string of the molecule is O=C(NCc1cccnc1-c1cccs1)C1CC(=O)N(c2ccccc2)C1. The van der Waals surface area contributed by atoms with Gasteiger partial charge in [-0.05, 0) is 35.2 Å². The molecule has 1 N–H and O–H groups in total. The summed E-state index contributed by atoms with van der Waals surface area (Å²) in [4.78, 5) is 32.2. The summed E-state index contributed by atoms with van der Waals surface area (Å²) in [6.07, 6.45) is 2.00. The van der Waals surface area contributed by atoms with Crippen molar-refractivity contribution in [2.75, 3.05) is 11.4 Å². The van der Waals surface area contributed by atoms with Gasteiger partial charge in [0.25, 0.3) is 0 Å². The van der Waals surface area contributed by atoms with E-state index in [-0.39, 0.29) is 24.2 Å². The molecule has 0 saturated carbocycles. The molecule has 0 bridgehead atoms. The van der Waals surface area contributed by atoms with Gasteiger partial charge in [-0.1, -0.05) is 30.3 Å². The third-order valence-corrected chi connectivity index (χ3v) is 5.54. The molecule has 1 atom stereocenters. The molecule has 4 rings (SSSR count). The molecule has 1 fully saturated rings. The number of pyridine rings is 1. The van der Waals surface area contributed by atoms with Gasteiger partial charge < -0.3 is 10.2 Å². The number of benzene rings is 1. The number of hydrogen-bond acceptors (Lipinski definition) is 4. The molecule has 1 aliphatic rings. The second-order valence-electron chi connectivity index (χ2n) is 6.45. The highest BCUT2D eigenvalue weighted by Crippen LogP contribution is 2.27. The number of nitrogens with one attached hydrogen (secondary N) is 1. The summed E-state index contributed by atoms with van der Waals surface area (Å²) in [6.45, 7) is 0.815. The quantitative estimate of drug-likeness (QED) is 0.740. The van der Waals surface area contributed by atoms with Crippen LogP contribution in [-0.2, 0) is 16.1 Å². The standard InChI is InChI=1S/C21H19N3O2S/c25-19-12-16(14-24(19)17-7-2-1-3-8-17)21(26)23-13-15-6-4-10-22-20(15)18-9-5-11-27-18/h1-11,16H,12-14H2,(H,23,26). The minimum atomic E-state index is -0.334. The molecule has 1 aliphatic heterocycles. The maximum absolute atomic E-state index is 12.6. The minimum Gasteiger partial charge on any atom is -0.352 e. The highest BCUT2D eigenvalue weighted by molar-refractivity contribution is 7.13. The molecule has 3 aromatic rings. The highest BCUT2D eigenvalue weighted by Gasteiger charge is 2.34. The van der Waals surface area contributed by atoms with Crippen LogP contribution in [0.3, 0.4) is 0 Å². The average Bonchev–Trinajstić information content (AvgIpc) is 3.37. The molecule has 1 saturated heterocycles. The van der Waals surface area contributed by atoms with Gasteiger partial charge in [-0.15, -0.1) is 11.3 Å². The summed E-state index contributed by atoms with van der Waals surface area (Å²) < 4.78 is 0. The topological polar surface area (TPSA) is 62.3 Å². The Morgan fingerprint density at radius 1 is 1.15 bits per heavy atom. The van der Waals surface area contributed by atoms with Crippen molar-refractivity contribution in [3.05, 3.63) is 71.7 Å². The fraction of sp³-hybridized carbons (Fsp3) is 0.190. The average molecular weight is 377 g/mol. The molecule has 0 aliphatic carbocycles. The molecular formula is C21H19N3O2S. The maximum atomic E-state index is 12.6. The first-order valence-electron chi connectivity index (χ1n) is 8.83. The summed E-state index contributed by atoms with van der Waals surface area (Å²) in [7, 11) is 0. The third kappa shape index (κ3) is 3.75. The predicted octanol–water partition coefficient (Wildman–Crippen LogP) is 3.48. The molecule has 136 valence electrons. The lowest BCUT2D eigenvalue weighted by Crippen LogP contribution is -2.32. The number of thiophene rings is 1. The van der Waals surface area contributed by atoms with Gasteiger partial charge in [0.2, 0.25) is 11.8 Å². The van der Waals surface area contributed by atoms with Crippen molar-refractivity contribution in [1.29, 1.82) is 0 Å². The normalized spacial score (nSPS) is 16.5. The van der Waals surface area contributed by atoms with E-state index in [1.54, 1.807) is 22.4 Å².